The van der Waals surface area contributed by atoms with Gasteiger partial charge in [0, 0.05) is 5.41 Å². The lowest BCUT2D eigenvalue weighted by atomic mass is 9.66. The third-order valence-electron chi connectivity index (χ3n) is 3.28. The zero-order valence-electron chi connectivity index (χ0n) is 10.0. The minimum atomic E-state index is -0.548. The number of esters is 1. The van der Waals surface area contributed by atoms with Gasteiger partial charge in [-0.3, -0.25) is 9.59 Å². The number of ether oxygens (including phenoxy) is 1. The molecule has 1 aliphatic rings. The molecule has 3 heteroatoms. The summed E-state index contributed by atoms with van der Waals surface area (Å²) in [4.78, 5) is 23.7. The Morgan fingerprint density at radius 1 is 1.53 bits per heavy atom. The zero-order valence-corrected chi connectivity index (χ0v) is 10.0. The van der Waals surface area contributed by atoms with Crippen molar-refractivity contribution >= 4 is 11.8 Å². The largest absolute Gasteiger partial charge is 0.465 e. The molecule has 1 fully saturated rings. The van der Waals surface area contributed by atoms with Gasteiger partial charge in [0.2, 0.25) is 0 Å². The van der Waals surface area contributed by atoms with E-state index in [2.05, 4.69) is 0 Å². The molecule has 86 valence electrons. The first kappa shape index (κ1) is 12.2. The summed E-state index contributed by atoms with van der Waals surface area (Å²) in [6.45, 7) is 7.88. The topological polar surface area (TPSA) is 43.4 Å². The molecule has 2 atom stereocenters. The third kappa shape index (κ3) is 2.39. The molecule has 15 heavy (non-hydrogen) atoms. The molecule has 1 aliphatic carbocycles. The molecule has 0 aromatic rings. The Labute approximate surface area is 91.2 Å². The first-order valence-corrected chi connectivity index (χ1v) is 5.61. The second-order valence-corrected chi connectivity index (χ2v) is 4.99. The molecule has 0 spiro atoms. The molecular weight excluding hydrogens is 192 g/mol. The monoisotopic (exact) mass is 212 g/mol. The van der Waals surface area contributed by atoms with Crippen LogP contribution in [0, 0.1) is 17.3 Å². The standard InChI is InChI=1S/C12H20O3/c1-5-15-11(14)9-8(2)6-7-12(3,4)10(9)13/h8-9H,5-7H2,1-4H3/t8-,9-/m1/s1. The lowest BCUT2D eigenvalue weighted by molar-refractivity contribution is -0.158. The zero-order chi connectivity index (χ0) is 11.6. The minimum Gasteiger partial charge on any atom is -0.465 e. The molecule has 0 N–H and O–H groups in total. The van der Waals surface area contributed by atoms with Crippen molar-refractivity contribution in [2.75, 3.05) is 6.61 Å². The summed E-state index contributed by atoms with van der Waals surface area (Å²) in [6.07, 6.45) is 1.78. The van der Waals surface area contributed by atoms with Crippen molar-refractivity contribution in [1.29, 1.82) is 0 Å². The van der Waals surface area contributed by atoms with Crippen molar-refractivity contribution in [3.8, 4) is 0 Å². The number of ketones is 1. The van der Waals surface area contributed by atoms with Gasteiger partial charge in [0.25, 0.3) is 0 Å². The van der Waals surface area contributed by atoms with E-state index in [0.29, 0.717) is 6.61 Å². The lowest BCUT2D eigenvalue weighted by Crippen LogP contribution is -2.44. The van der Waals surface area contributed by atoms with E-state index in [1.165, 1.54) is 0 Å². The van der Waals surface area contributed by atoms with E-state index in [-0.39, 0.29) is 23.1 Å². The summed E-state index contributed by atoms with van der Waals surface area (Å²) in [6, 6.07) is 0. The Kier molecular flexibility index (Phi) is 3.53. The van der Waals surface area contributed by atoms with Crippen LogP contribution in [0.25, 0.3) is 0 Å². The molecule has 0 aromatic heterocycles. The van der Waals surface area contributed by atoms with Crippen molar-refractivity contribution < 1.29 is 14.3 Å². The molecule has 0 heterocycles. The van der Waals surface area contributed by atoms with Crippen LogP contribution in [0.4, 0.5) is 0 Å². The Hall–Kier alpha value is -0.860. The van der Waals surface area contributed by atoms with Gasteiger partial charge < -0.3 is 4.74 Å². The first-order valence-electron chi connectivity index (χ1n) is 5.61. The SMILES string of the molecule is CCOC(=O)[C@H]1C(=O)C(C)(C)CC[C@H]1C. The van der Waals surface area contributed by atoms with Crippen molar-refractivity contribution in [1.82, 2.24) is 0 Å². The summed E-state index contributed by atoms with van der Waals surface area (Å²) >= 11 is 0. The van der Waals surface area contributed by atoms with Gasteiger partial charge in [-0.05, 0) is 25.7 Å². The van der Waals surface area contributed by atoms with Crippen LogP contribution in [0.1, 0.15) is 40.5 Å². The maximum absolute atomic E-state index is 12.1. The van der Waals surface area contributed by atoms with E-state index in [4.69, 9.17) is 4.74 Å². The molecule has 0 aliphatic heterocycles. The molecule has 0 radical (unpaired) electrons. The van der Waals surface area contributed by atoms with Gasteiger partial charge in [-0.1, -0.05) is 20.8 Å². The maximum Gasteiger partial charge on any atom is 0.316 e. The van der Waals surface area contributed by atoms with Gasteiger partial charge in [-0.2, -0.15) is 0 Å². The van der Waals surface area contributed by atoms with Gasteiger partial charge in [-0.25, -0.2) is 0 Å². The van der Waals surface area contributed by atoms with Crippen LogP contribution < -0.4 is 0 Å². The van der Waals surface area contributed by atoms with Crippen LogP contribution in [0.15, 0.2) is 0 Å². The second-order valence-electron chi connectivity index (χ2n) is 4.99. The highest BCUT2D eigenvalue weighted by Crippen LogP contribution is 2.39. The van der Waals surface area contributed by atoms with Crippen LogP contribution in [-0.4, -0.2) is 18.4 Å². The van der Waals surface area contributed by atoms with Crippen molar-refractivity contribution in [3.05, 3.63) is 0 Å². The number of hydrogen-bond donors (Lipinski definition) is 0. The average molecular weight is 212 g/mol. The molecule has 0 amide bonds. The molecule has 1 saturated carbocycles. The van der Waals surface area contributed by atoms with Crippen LogP contribution in [0.2, 0.25) is 0 Å². The van der Waals surface area contributed by atoms with Crippen LogP contribution in [-0.2, 0) is 14.3 Å². The fraction of sp³-hybridized carbons (Fsp3) is 0.833. The first-order chi connectivity index (χ1) is 6.90. The van der Waals surface area contributed by atoms with E-state index < -0.39 is 5.92 Å². The van der Waals surface area contributed by atoms with Crippen LogP contribution in [0.3, 0.4) is 0 Å². The third-order valence-corrected chi connectivity index (χ3v) is 3.28. The molecule has 0 saturated heterocycles. The van der Waals surface area contributed by atoms with E-state index in [1.807, 2.05) is 20.8 Å². The summed E-state index contributed by atoms with van der Waals surface area (Å²) in [5.41, 5.74) is -0.371. The van der Waals surface area contributed by atoms with E-state index in [9.17, 15) is 9.59 Å². The van der Waals surface area contributed by atoms with Gasteiger partial charge in [0.15, 0.2) is 5.78 Å². The van der Waals surface area contributed by atoms with E-state index in [1.54, 1.807) is 6.92 Å². The van der Waals surface area contributed by atoms with Crippen molar-refractivity contribution in [2.45, 2.75) is 40.5 Å². The molecule has 0 unspecified atom stereocenters. The highest BCUT2D eigenvalue weighted by atomic mass is 16.5. The number of hydrogen-bond acceptors (Lipinski definition) is 3. The quantitative estimate of drug-likeness (QED) is 0.520. The van der Waals surface area contributed by atoms with Crippen LogP contribution >= 0.6 is 0 Å². The van der Waals surface area contributed by atoms with Crippen molar-refractivity contribution in [2.24, 2.45) is 17.3 Å². The highest BCUT2D eigenvalue weighted by Gasteiger charge is 2.45. The maximum atomic E-state index is 12.1. The highest BCUT2D eigenvalue weighted by molar-refractivity contribution is 6.02. The molecule has 3 nitrogen and oxygen atoms in total. The Morgan fingerprint density at radius 2 is 2.13 bits per heavy atom. The summed E-state index contributed by atoms with van der Waals surface area (Å²) in [7, 11) is 0. The lowest BCUT2D eigenvalue weighted by Gasteiger charge is -2.36. The number of carbonyl (C=O) groups excluding carboxylic acids is 2. The predicted octanol–water partition coefficient (Wildman–Crippen LogP) is 2.19. The Morgan fingerprint density at radius 3 is 2.67 bits per heavy atom. The van der Waals surface area contributed by atoms with E-state index in [0.717, 1.165) is 12.8 Å². The van der Waals surface area contributed by atoms with E-state index >= 15 is 0 Å². The van der Waals surface area contributed by atoms with Gasteiger partial charge in [-0.15, -0.1) is 0 Å². The fourth-order valence-corrected chi connectivity index (χ4v) is 2.13. The predicted molar refractivity (Wildman–Crippen MR) is 57.3 cm³/mol. The normalized spacial score (nSPS) is 30.0. The number of rotatable bonds is 2. The Bertz CT molecular complexity index is 268. The number of Topliss-reactive ketones (excluding diaryl/α,β-unsaturated/α-hetero) is 1. The van der Waals surface area contributed by atoms with Crippen LogP contribution in [0.5, 0.6) is 0 Å². The van der Waals surface area contributed by atoms with Gasteiger partial charge in [0.1, 0.15) is 5.92 Å². The molecular formula is C12H20O3. The molecule has 1 rings (SSSR count). The van der Waals surface area contributed by atoms with Gasteiger partial charge in [0.05, 0.1) is 6.61 Å². The summed E-state index contributed by atoms with van der Waals surface area (Å²) < 4.78 is 4.96. The second kappa shape index (κ2) is 4.33. The average Bonchev–Trinajstić information content (AvgIpc) is 2.14. The summed E-state index contributed by atoms with van der Waals surface area (Å²) in [5, 5.41) is 0. The smallest absolute Gasteiger partial charge is 0.316 e. The summed E-state index contributed by atoms with van der Waals surface area (Å²) in [5.74, 6) is -0.735. The van der Waals surface area contributed by atoms with Crippen molar-refractivity contribution in [3.63, 3.8) is 0 Å². The Balaban J connectivity index is 2.84. The molecule has 0 bridgehead atoms. The van der Waals surface area contributed by atoms with Gasteiger partial charge >= 0.3 is 5.97 Å². The minimum absolute atomic E-state index is 0.0414. The fourth-order valence-electron chi connectivity index (χ4n) is 2.13. The molecule has 0 aromatic carbocycles. The number of carbonyl (C=O) groups is 2.